The van der Waals surface area contributed by atoms with Gasteiger partial charge in [-0.15, -0.1) is 0 Å². The number of benzene rings is 2. The highest BCUT2D eigenvalue weighted by Crippen LogP contribution is 2.53. The van der Waals surface area contributed by atoms with Gasteiger partial charge in [0, 0.05) is 31.3 Å². The van der Waals surface area contributed by atoms with Crippen LogP contribution in [0.15, 0.2) is 69.2 Å². The predicted molar refractivity (Wildman–Crippen MR) is 141 cm³/mol. The van der Waals surface area contributed by atoms with Gasteiger partial charge in [0.25, 0.3) is 0 Å². The smallest absolute Gasteiger partial charge is 0.0750 e. The Balaban J connectivity index is 0.000000994. The fourth-order valence-electron chi connectivity index (χ4n) is 5.65. The number of aromatic nitrogens is 1. The highest BCUT2D eigenvalue weighted by molar-refractivity contribution is 9.13. The maximum Gasteiger partial charge on any atom is 0.0750 e. The minimum atomic E-state index is 0.324. The zero-order valence-electron chi connectivity index (χ0n) is 18.5. The molecule has 160 valence electrons. The lowest BCUT2D eigenvalue weighted by Crippen LogP contribution is -2.39. The maximum absolute atomic E-state index is 3.98. The van der Waals surface area contributed by atoms with Crippen LogP contribution >= 0.6 is 31.9 Å². The number of halogens is 2. The van der Waals surface area contributed by atoms with Crippen LogP contribution in [0.25, 0.3) is 21.8 Å². The molecule has 1 aromatic heterocycles. The van der Waals surface area contributed by atoms with E-state index in [1.165, 1.54) is 47.6 Å². The van der Waals surface area contributed by atoms with E-state index < -0.39 is 0 Å². The Morgan fingerprint density at radius 2 is 1.81 bits per heavy atom. The summed E-state index contributed by atoms with van der Waals surface area (Å²) < 4.78 is 4.99. The summed E-state index contributed by atoms with van der Waals surface area (Å²) in [5.74, 6) is 0. The number of rotatable bonds is 0. The SMILES string of the molecule is CC.CC1=C[C@@H]2CC1n1c3ccccc3c3c(Br)c(Br)c4c(c31)N2C(C)/C=C\C=C/C4. The second-order valence-electron chi connectivity index (χ2n) is 8.46. The monoisotopic (exact) mass is 538 g/mol. The van der Waals surface area contributed by atoms with Crippen molar-refractivity contribution in [1.29, 1.82) is 0 Å². The van der Waals surface area contributed by atoms with Crippen LogP contribution in [0.4, 0.5) is 5.69 Å². The van der Waals surface area contributed by atoms with Crippen molar-refractivity contribution in [1.82, 2.24) is 4.57 Å². The lowest BCUT2D eigenvalue weighted by molar-refractivity contribution is 0.549. The quantitative estimate of drug-likeness (QED) is 0.260. The second kappa shape index (κ2) is 7.97. The van der Waals surface area contributed by atoms with E-state index in [-0.39, 0.29) is 0 Å². The van der Waals surface area contributed by atoms with E-state index in [4.69, 9.17) is 0 Å². The largest absolute Gasteiger partial charge is 0.357 e. The molecule has 2 bridgehead atoms. The van der Waals surface area contributed by atoms with Gasteiger partial charge in [0.2, 0.25) is 0 Å². The van der Waals surface area contributed by atoms with Gasteiger partial charge in [0.05, 0.1) is 23.3 Å². The molecule has 3 aromatic rings. The van der Waals surface area contributed by atoms with Crippen molar-refractivity contribution < 1.29 is 0 Å². The van der Waals surface area contributed by atoms with Crippen molar-refractivity contribution in [2.45, 2.75) is 58.7 Å². The summed E-state index contributed by atoms with van der Waals surface area (Å²) >= 11 is 7.96. The van der Waals surface area contributed by atoms with Crippen LogP contribution < -0.4 is 4.90 Å². The van der Waals surface area contributed by atoms with Gasteiger partial charge >= 0.3 is 0 Å². The average Bonchev–Trinajstić information content (AvgIpc) is 3.28. The van der Waals surface area contributed by atoms with E-state index in [0.717, 1.165) is 12.8 Å². The average molecular weight is 540 g/mol. The fourth-order valence-corrected chi connectivity index (χ4v) is 6.84. The fraction of sp³-hybridized carbons (Fsp3) is 0.333. The molecular formula is C27H28Br2N2. The first-order valence-corrected chi connectivity index (χ1v) is 12.9. The predicted octanol–water partition coefficient (Wildman–Crippen LogP) is 8.48. The van der Waals surface area contributed by atoms with E-state index in [1.807, 2.05) is 13.8 Å². The number of allylic oxidation sites excluding steroid dienone is 4. The lowest BCUT2D eigenvalue weighted by Gasteiger charge is -2.36. The molecule has 0 saturated carbocycles. The number of hydrogen-bond donors (Lipinski definition) is 0. The molecule has 31 heavy (non-hydrogen) atoms. The Hall–Kier alpha value is -1.78. The number of nitrogens with zero attached hydrogens (tertiary/aromatic N) is 2. The summed E-state index contributed by atoms with van der Waals surface area (Å²) in [6, 6.07) is 10.1. The van der Waals surface area contributed by atoms with Crippen molar-refractivity contribution in [3.05, 3.63) is 74.7 Å². The number of hydrogen-bond acceptors (Lipinski definition) is 1. The molecule has 2 nitrogen and oxygen atoms in total. The Morgan fingerprint density at radius 1 is 1.03 bits per heavy atom. The molecule has 4 heteroatoms. The van der Waals surface area contributed by atoms with Gasteiger partial charge in [-0.2, -0.15) is 0 Å². The third kappa shape index (κ3) is 2.94. The molecule has 2 unspecified atom stereocenters. The van der Waals surface area contributed by atoms with Gasteiger partial charge in [-0.25, -0.2) is 0 Å². The van der Waals surface area contributed by atoms with Crippen LogP contribution in [-0.4, -0.2) is 16.7 Å². The molecular weight excluding hydrogens is 512 g/mol. The third-order valence-corrected chi connectivity index (χ3v) is 9.07. The first kappa shape index (κ1) is 21.1. The van der Waals surface area contributed by atoms with E-state index in [2.05, 4.69) is 110 Å². The second-order valence-corrected chi connectivity index (χ2v) is 10.0. The standard InChI is InChI=1S/C25H22Br2N2.C2H6/c1-14-12-16-13-20(14)29-19-11-7-6-9-17(19)21-23(27)22(26)18-10-5-3-4-8-15(2)28(16)24(18)25(21)29;1-2/h3-9,11-12,15-16,20H,10,13H2,1-2H3;1-2H3/b5-3-,8-4-;/t15?,16-,20?;/m1./s1. The minimum absolute atomic E-state index is 0.324. The summed E-state index contributed by atoms with van der Waals surface area (Å²) in [5.41, 5.74) is 6.97. The van der Waals surface area contributed by atoms with Crippen LogP contribution in [0.2, 0.25) is 0 Å². The maximum atomic E-state index is 3.98. The third-order valence-electron chi connectivity index (χ3n) is 6.87. The van der Waals surface area contributed by atoms with Crippen LogP contribution in [-0.2, 0) is 6.42 Å². The van der Waals surface area contributed by atoms with Crippen molar-refractivity contribution in [3.8, 4) is 0 Å². The van der Waals surface area contributed by atoms with Gasteiger partial charge < -0.3 is 9.47 Å². The highest BCUT2D eigenvalue weighted by Gasteiger charge is 2.40. The molecule has 2 aliphatic heterocycles. The summed E-state index contributed by atoms with van der Waals surface area (Å²) in [7, 11) is 0. The first-order valence-electron chi connectivity index (χ1n) is 11.3. The number of para-hydroxylation sites is 1. The number of fused-ring (bicyclic) bond motifs is 7. The summed E-state index contributed by atoms with van der Waals surface area (Å²) in [6.45, 7) is 8.64. The van der Waals surface area contributed by atoms with E-state index >= 15 is 0 Å². The molecule has 0 amide bonds. The van der Waals surface area contributed by atoms with Gasteiger partial charge in [-0.1, -0.05) is 68.0 Å². The molecule has 3 atom stereocenters. The molecule has 6 rings (SSSR count). The first-order chi connectivity index (χ1) is 15.1. The summed E-state index contributed by atoms with van der Waals surface area (Å²) in [6.07, 6.45) is 13.6. The lowest BCUT2D eigenvalue weighted by atomic mass is 10.0. The van der Waals surface area contributed by atoms with E-state index in [1.54, 1.807) is 0 Å². The van der Waals surface area contributed by atoms with Crippen LogP contribution in [0.1, 0.15) is 45.7 Å². The molecule has 0 spiro atoms. The Kier molecular flexibility index (Phi) is 5.42. The van der Waals surface area contributed by atoms with Gasteiger partial charge in [0.1, 0.15) is 0 Å². The molecule has 0 N–H and O–H groups in total. The molecule has 1 aliphatic carbocycles. The van der Waals surface area contributed by atoms with Crippen molar-refractivity contribution in [3.63, 3.8) is 0 Å². The Bertz CT molecular complexity index is 1280. The molecule has 2 aromatic carbocycles. The Morgan fingerprint density at radius 3 is 2.61 bits per heavy atom. The molecule has 0 radical (unpaired) electrons. The van der Waals surface area contributed by atoms with E-state index in [9.17, 15) is 0 Å². The molecule has 3 heterocycles. The van der Waals surface area contributed by atoms with Gasteiger partial charge in [-0.05, 0) is 70.2 Å². The molecule has 0 fully saturated rings. The summed E-state index contributed by atoms with van der Waals surface area (Å²) in [4.78, 5) is 2.67. The van der Waals surface area contributed by atoms with Crippen molar-refractivity contribution in [2.24, 2.45) is 0 Å². The zero-order valence-corrected chi connectivity index (χ0v) is 21.7. The van der Waals surface area contributed by atoms with Gasteiger partial charge in [-0.3, -0.25) is 0 Å². The van der Waals surface area contributed by atoms with Crippen LogP contribution in [0.5, 0.6) is 0 Å². The van der Waals surface area contributed by atoms with Crippen molar-refractivity contribution in [2.75, 3.05) is 4.90 Å². The van der Waals surface area contributed by atoms with Crippen LogP contribution in [0.3, 0.4) is 0 Å². The highest BCUT2D eigenvalue weighted by atomic mass is 79.9. The number of anilines is 1. The zero-order chi connectivity index (χ0) is 21.9. The molecule has 3 aliphatic rings. The van der Waals surface area contributed by atoms with Crippen LogP contribution in [0, 0.1) is 0 Å². The normalized spacial score (nSPS) is 25.8. The van der Waals surface area contributed by atoms with Crippen molar-refractivity contribution >= 4 is 59.4 Å². The minimum Gasteiger partial charge on any atom is -0.357 e. The topological polar surface area (TPSA) is 8.17 Å². The summed E-state index contributed by atoms with van der Waals surface area (Å²) in [5, 5.41) is 2.66. The van der Waals surface area contributed by atoms with E-state index in [0.29, 0.717) is 18.1 Å². The Labute approximate surface area is 201 Å². The van der Waals surface area contributed by atoms with Gasteiger partial charge in [0.15, 0.2) is 0 Å². The molecule has 0 saturated heterocycles.